The first kappa shape index (κ1) is 23.1. The van der Waals surface area contributed by atoms with Crippen molar-refractivity contribution in [2.75, 3.05) is 33.0 Å². The van der Waals surface area contributed by atoms with E-state index in [0.29, 0.717) is 6.79 Å². The maximum atomic E-state index is 9.49. The van der Waals surface area contributed by atoms with Crippen molar-refractivity contribution in [3.8, 4) is 11.5 Å². The molecule has 28 heavy (non-hydrogen) atoms. The summed E-state index contributed by atoms with van der Waals surface area (Å²) in [6, 6.07) is 6.10. The molecule has 0 saturated heterocycles. The number of guanidine groups is 1. The highest BCUT2D eigenvalue weighted by Crippen LogP contribution is 2.39. The van der Waals surface area contributed by atoms with Gasteiger partial charge in [-0.25, -0.2) is 0 Å². The number of nitrogens with one attached hydrogen (secondary N) is 2. The summed E-state index contributed by atoms with van der Waals surface area (Å²) in [7, 11) is 0. The van der Waals surface area contributed by atoms with Crippen molar-refractivity contribution >= 4 is 29.9 Å². The van der Waals surface area contributed by atoms with Gasteiger partial charge in [0, 0.05) is 26.2 Å². The van der Waals surface area contributed by atoms with Crippen LogP contribution >= 0.6 is 24.0 Å². The lowest BCUT2D eigenvalue weighted by Crippen LogP contribution is -2.40. The third-order valence-electron chi connectivity index (χ3n) is 5.62. The Morgan fingerprint density at radius 2 is 1.93 bits per heavy atom. The summed E-state index contributed by atoms with van der Waals surface area (Å²) in [6.07, 6.45) is 7.91. The second kappa shape index (κ2) is 11.7. The number of halogens is 1. The Balaban J connectivity index is 0.00000280. The van der Waals surface area contributed by atoms with Gasteiger partial charge in [0.2, 0.25) is 6.79 Å². The van der Waals surface area contributed by atoms with Crippen LogP contribution in [0.2, 0.25) is 0 Å². The highest BCUT2D eigenvalue weighted by Gasteiger charge is 2.31. The summed E-state index contributed by atoms with van der Waals surface area (Å²) in [5.74, 6) is 2.51. The first-order chi connectivity index (χ1) is 13.2. The van der Waals surface area contributed by atoms with Crippen LogP contribution in [0.3, 0.4) is 0 Å². The van der Waals surface area contributed by atoms with Crippen LogP contribution in [0.5, 0.6) is 11.5 Å². The van der Waals surface area contributed by atoms with Crippen molar-refractivity contribution in [2.45, 2.75) is 51.9 Å². The zero-order valence-electron chi connectivity index (χ0n) is 16.8. The average Bonchev–Trinajstić information content (AvgIpc) is 3.15. The predicted molar refractivity (Wildman–Crippen MR) is 123 cm³/mol. The second-order valence-corrected chi connectivity index (χ2v) is 7.59. The smallest absolute Gasteiger partial charge is 0.231 e. The fourth-order valence-electron chi connectivity index (χ4n) is 4.04. The first-order valence-corrected chi connectivity index (χ1v) is 10.3. The van der Waals surface area contributed by atoms with Crippen LogP contribution < -0.4 is 20.1 Å². The van der Waals surface area contributed by atoms with E-state index in [4.69, 9.17) is 14.5 Å². The number of aliphatic hydroxyl groups excluding tert-OH is 1. The van der Waals surface area contributed by atoms with Gasteiger partial charge in [0.25, 0.3) is 0 Å². The Morgan fingerprint density at radius 3 is 2.68 bits per heavy atom. The molecule has 1 aromatic rings. The number of hydrogen-bond acceptors (Lipinski definition) is 4. The third kappa shape index (κ3) is 6.40. The Hall–Kier alpha value is -1.22. The number of nitrogens with zero attached hydrogens (tertiary/aromatic N) is 1. The van der Waals surface area contributed by atoms with Crippen molar-refractivity contribution in [3.63, 3.8) is 0 Å². The molecule has 0 atom stereocenters. The quantitative estimate of drug-likeness (QED) is 0.288. The molecule has 0 aromatic heterocycles. The monoisotopic (exact) mass is 503 g/mol. The Labute approximate surface area is 185 Å². The molecule has 1 aromatic carbocycles. The second-order valence-electron chi connectivity index (χ2n) is 7.59. The predicted octanol–water partition coefficient (Wildman–Crippen LogP) is 3.46. The van der Waals surface area contributed by atoms with Crippen LogP contribution in [0.1, 0.15) is 51.0 Å². The summed E-state index contributed by atoms with van der Waals surface area (Å²) in [6.45, 7) is 5.07. The topological polar surface area (TPSA) is 75.1 Å². The van der Waals surface area contributed by atoms with Crippen LogP contribution in [0, 0.1) is 5.41 Å². The van der Waals surface area contributed by atoms with E-state index in [1.165, 1.54) is 37.7 Å². The summed E-state index contributed by atoms with van der Waals surface area (Å²) in [5.41, 5.74) is 1.39. The summed E-state index contributed by atoms with van der Waals surface area (Å²) < 4.78 is 10.8. The van der Waals surface area contributed by atoms with Crippen molar-refractivity contribution < 1.29 is 14.6 Å². The molecule has 0 unspecified atom stereocenters. The Morgan fingerprint density at radius 1 is 1.14 bits per heavy atom. The van der Waals surface area contributed by atoms with E-state index < -0.39 is 0 Å². The Kier molecular flexibility index (Phi) is 9.64. The van der Waals surface area contributed by atoms with Crippen molar-refractivity contribution in [1.82, 2.24) is 10.6 Å². The molecule has 0 amide bonds. The lowest BCUT2D eigenvalue weighted by molar-refractivity contribution is 0.137. The first-order valence-electron chi connectivity index (χ1n) is 10.3. The Bertz CT molecular complexity index is 628. The van der Waals surface area contributed by atoms with E-state index >= 15 is 0 Å². The molecule has 0 bridgehead atoms. The van der Waals surface area contributed by atoms with Crippen molar-refractivity contribution in [3.05, 3.63) is 23.8 Å². The normalized spacial score (nSPS) is 17.7. The minimum absolute atomic E-state index is 0. The number of hydrogen-bond donors (Lipinski definition) is 3. The zero-order valence-corrected chi connectivity index (χ0v) is 19.2. The summed E-state index contributed by atoms with van der Waals surface area (Å²) in [4.78, 5) is 4.86. The largest absolute Gasteiger partial charge is 0.454 e. The lowest BCUT2D eigenvalue weighted by atomic mass is 9.72. The molecule has 3 N–H and O–H groups in total. The van der Waals surface area contributed by atoms with Gasteiger partial charge < -0.3 is 25.2 Å². The molecule has 6 nitrogen and oxygen atoms in total. The standard InChI is InChI=1S/C21H33N3O3.HI/c1-2-22-20(24-15-21(11-13-25)9-4-3-5-10-21)23-12-8-17-6-7-18-19(14-17)27-16-26-18;/h6-7,14,25H,2-5,8-13,15-16H2,1H3,(H2,22,23,24);1H. The number of ether oxygens (including phenoxy) is 2. The van der Waals surface area contributed by atoms with Crippen LogP contribution in [0.4, 0.5) is 0 Å². The molecule has 0 radical (unpaired) electrons. The molecule has 1 saturated carbocycles. The number of aliphatic hydroxyl groups is 1. The van der Waals surface area contributed by atoms with Crippen LogP contribution in [0.15, 0.2) is 23.2 Å². The van der Waals surface area contributed by atoms with E-state index in [1.807, 2.05) is 12.1 Å². The van der Waals surface area contributed by atoms with Gasteiger partial charge in [-0.3, -0.25) is 4.99 Å². The maximum Gasteiger partial charge on any atom is 0.231 e. The van der Waals surface area contributed by atoms with Gasteiger partial charge in [0.15, 0.2) is 17.5 Å². The highest BCUT2D eigenvalue weighted by molar-refractivity contribution is 14.0. The molecule has 7 heteroatoms. The lowest BCUT2D eigenvalue weighted by Gasteiger charge is -2.35. The fourth-order valence-corrected chi connectivity index (χ4v) is 4.04. The van der Waals surface area contributed by atoms with Gasteiger partial charge in [0.05, 0.1) is 0 Å². The molecular weight excluding hydrogens is 469 g/mol. The molecule has 0 spiro atoms. The van der Waals surface area contributed by atoms with Gasteiger partial charge in [-0.2, -0.15) is 0 Å². The van der Waals surface area contributed by atoms with Crippen molar-refractivity contribution in [2.24, 2.45) is 10.4 Å². The minimum Gasteiger partial charge on any atom is -0.454 e. The number of fused-ring (bicyclic) bond motifs is 1. The molecule has 2 aliphatic rings. The molecule has 3 rings (SSSR count). The zero-order chi connectivity index (χ0) is 19.0. The van der Waals surface area contributed by atoms with E-state index in [9.17, 15) is 5.11 Å². The summed E-state index contributed by atoms with van der Waals surface area (Å²) in [5, 5.41) is 16.3. The van der Waals surface area contributed by atoms with Crippen LogP contribution in [-0.4, -0.2) is 44.1 Å². The average molecular weight is 503 g/mol. The molecule has 1 aliphatic heterocycles. The van der Waals surface area contributed by atoms with Gasteiger partial charge in [-0.15, -0.1) is 24.0 Å². The van der Waals surface area contributed by atoms with Gasteiger partial charge in [-0.05, 0) is 55.7 Å². The van der Waals surface area contributed by atoms with E-state index in [0.717, 1.165) is 49.9 Å². The fraction of sp³-hybridized carbons (Fsp3) is 0.667. The number of rotatable bonds is 8. The minimum atomic E-state index is 0. The van der Waals surface area contributed by atoms with E-state index in [-0.39, 0.29) is 36.0 Å². The van der Waals surface area contributed by atoms with Crippen LogP contribution in [-0.2, 0) is 6.42 Å². The van der Waals surface area contributed by atoms with E-state index in [2.05, 4.69) is 23.6 Å². The molecule has 1 fully saturated rings. The molecule has 1 aliphatic carbocycles. The maximum absolute atomic E-state index is 9.49. The SMILES string of the molecule is CCNC(=NCC1(CCO)CCCCC1)NCCc1ccc2c(c1)OCO2.I. The van der Waals surface area contributed by atoms with E-state index in [1.54, 1.807) is 0 Å². The molecule has 1 heterocycles. The summed E-state index contributed by atoms with van der Waals surface area (Å²) >= 11 is 0. The molecular formula is C21H34IN3O3. The highest BCUT2D eigenvalue weighted by atomic mass is 127. The van der Waals surface area contributed by atoms with Gasteiger partial charge in [0.1, 0.15) is 0 Å². The third-order valence-corrected chi connectivity index (χ3v) is 5.62. The van der Waals surface area contributed by atoms with Gasteiger partial charge >= 0.3 is 0 Å². The number of aliphatic imine (C=N–C) groups is 1. The van der Waals surface area contributed by atoms with Crippen molar-refractivity contribution in [1.29, 1.82) is 0 Å². The van der Waals surface area contributed by atoms with Gasteiger partial charge in [-0.1, -0.05) is 25.3 Å². The number of benzene rings is 1. The van der Waals surface area contributed by atoms with Crippen LogP contribution in [0.25, 0.3) is 0 Å². The molecule has 158 valence electrons.